The summed E-state index contributed by atoms with van der Waals surface area (Å²) in [6.07, 6.45) is 2.31. The molecule has 0 aromatic heterocycles. The van der Waals surface area contributed by atoms with Gasteiger partial charge < -0.3 is 5.32 Å². The number of carbonyl (C=O) groups excluding carboxylic acids is 1. The maximum absolute atomic E-state index is 11.8. The van der Waals surface area contributed by atoms with Crippen LogP contribution in [-0.2, 0) is 4.79 Å². The largest absolute Gasteiger partial charge is 0.352 e. The second-order valence-corrected chi connectivity index (χ2v) is 5.82. The monoisotopic (exact) mass is 235 g/mol. The second kappa shape index (κ2) is 5.26. The van der Waals surface area contributed by atoms with Gasteiger partial charge in [-0.05, 0) is 32.4 Å². The Balaban J connectivity index is 2.39. The number of hydrogen-bond donors (Lipinski definition) is 1. The van der Waals surface area contributed by atoms with Crippen molar-refractivity contribution in [2.24, 2.45) is 5.41 Å². The fraction of sp³-hybridized carbons (Fsp3) is 0.900. The lowest BCUT2D eigenvalue weighted by atomic mass is 9.94. The molecule has 0 spiro atoms. The molecule has 4 heteroatoms. The molecule has 14 heavy (non-hydrogen) atoms. The normalized spacial score (nSPS) is 23.2. The maximum Gasteiger partial charge on any atom is 0.227 e. The minimum absolute atomic E-state index is 0.0833. The number of rotatable bonds is 3. The molecule has 1 rings (SSSR count). The first-order valence-corrected chi connectivity index (χ1v) is 6.70. The molecule has 0 aromatic rings. The summed E-state index contributed by atoms with van der Waals surface area (Å²) in [6.45, 7) is 3.76. The van der Waals surface area contributed by atoms with Crippen LogP contribution in [0, 0.1) is 5.41 Å². The lowest BCUT2D eigenvalue weighted by Crippen LogP contribution is -2.45. The summed E-state index contributed by atoms with van der Waals surface area (Å²) in [5, 5.41) is 3.07. The number of amides is 1. The zero-order chi connectivity index (χ0) is 10.6. The third-order valence-corrected chi connectivity index (χ3v) is 4.33. The van der Waals surface area contributed by atoms with Crippen LogP contribution in [0.15, 0.2) is 0 Å². The van der Waals surface area contributed by atoms with Crippen molar-refractivity contribution < 1.29 is 4.79 Å². The van der Waals surface area contributed by atoms with Crippen LogP contribution in [0.1, 0.15) is 26.7 Å². The van der Waals surface area contributed by atoms with Gasteiger partial charge in [-0.15, -0.1) is 11.6 Å². The number of alkyl halides is 1. The van der Waals surface area contributed by atoms with Crippen LogP contribution in [0.3, 0.4) is 0 Å². The summed E-state index contributed by atoms with van der Waals surface area (Å²) < 4.78 is 0. The van der Waals surface area contributed by atoms with E-state index in [-0.39, 0.29) is 5.91 Å². The molecule has 1 N–H and O–H groups in total. The van der Waals surface area contributed by atoms with Crippen molar-refractivity contribution in [3.63, 3.8) is 0 Å². The van der Waals surface area contributed by atoms with Crippen molar-refractivity contribution in [1.29, 1.82) is 0 Å². The van der Waals surface area contributed by atoms with Gasteiger partial charge in [0.1, 0.15) is 0 Å². The van der Waals surface area contributed by atoms with Crippen molar-refractivity contribution in [2.75, 3.05) is 17.4 Å². The van der Waals surface area contributed by atoms with Crippen LogP contribution in [0.5, 0.6) is 0 Å². The van der Waals surface area contributed by atoms with Gasteiger partial charge in [0.2, 0.25) is 5.91 Å². The highest BCUT2D eigenvalue weighted by Crippen LogP contribution is 2.21. The molecule has 2 nitrogen and oxygen atoms in total. The number of hydrogen-bond acceptors (Lipinski definition) is 2. The van der Waals surface area contributed by atoms with Gasteiger partial charge in [-0.1, -0.05) is 0 Å². The molecule has 1 atom stereocenters. The fourth-order valence-electron chi connectivity index (χ4n) is 1.30. The first-order chi connectivity index (χ1) is 6.56. The van der Waals surface area contributed by atoms with Crippen LogP contribution in [0.4, 0.5) is 0 Å². The predicted octanol–water partition coefficient (Wildman–Crippen LogP) is 2.26. The predicted molar refractivity (Wildman–Crippen MR) is 63.0 cm³/mol. The molecule has 0 saturated carbocycles. The molecule has 0 radical (unpaired) electrons. The third kappa shape index (κ3) is 3.35. The third-order valence-electron chi connectivity index (χ3n) is 2.44. The van der Waals surface area contributed by atoms with E-state index in [1.165, 1.54) is 12.2 Å². The first kappa shape index (κ1) is 12.2. The van der Waals surface area contributed by atoms with E-state index in [1.54, 1.807) is 0 Å². The van der Waals surface area contributed by atoms with E-state index in [2.05, 4.69) is 5.32 Å². The molecule has 0 bridgehead atoms. The van der Waals surface area contributed by atoms with E-state index < -0.39 is 5.41 Å². The molecule has 0 aromatic carbocycles. The summed E-state index contributed by atoms with van der Waals surface area (Å²) in [7, 11) is 0. The summed E-state index contributed by atoms with van der Waals surface area (Å²) >= 11 is 7.66. The topological polar surface area (TPSA) is 29.1 Å². The van der Waals surface area contributed by atoms with Crippen LogP contribution in [0.2, 0.25) is 0 Å². The Morgan fingerprint density at radius 3 is 2.86 bits per heavy atom. The van der Waals surface area contributed by atoms with Crippen molar-refractivity contribution in [1.82, 2.24) is 5.32 Å². The van der Waals surface area contributed by atoms with Crippen molar-refractivity contribution in [2.45, 2.75) is 32.7 Å². The Kier molecular flexibility index (Phi) is 4.58. The first-order valence-electron chi connectivity index (χ1n) is 5.01. The van der Waals surface area contributed by atoms with Crippen molar-refractivity contribution >= 4 is 29.3 Å². The van der Waals surface area contributed by atoms with Gasteiger partial charge in [-0.2, -0.15) is 11.8 Å². The number of thioether (sulfide) groups is 1. The number of nitrogens with one attached hydrogen (secondary N) is 1. The Morgan fingerprint density at radius 2 is 2.36 bits per heavy atom. The van der Waals surface area contributed by atoms with Gasteiger partial charge in [-0.3, -0.25) is 4.79 Å². The van der Waals surface area contributed by atoms with Gasteiger partial charge in [0.15, 0.2) is 0 Å². The minimum atomic E-state index is -0.441. The molecule has 1 heterocycles. The Hall–Kier alpha value is 0.110. The molecule has 1 fully saturated rings. The average Bonchev–Trinajstić information content (AvgIpc) is 2.19. The highest BCUT2D eigenvalue weighted by Gasteiger charge is 2.28. The van der Waals surface area contributed by atoms with E-state index in [1.807, 2.05) is 25.6 Å². The van der Waals surface area contributed by atoms with Crippen molar-refractivity contribution in [3.8, 4) is 0 Å². The Morgan fingerprint density at radius 1 is 1.64 bits per heavy atom. The standard InChI is InChI=1S/C10H18ClNOS/c1-10(2,7-11)9(13)12-8-4-3-5-14-6-8/h8H,3-7H2,1-2H3,(H,12,13). The SMILES string of the molecule is CC(C)(CCl)C(=O)NC1CCCSC1. The average molecular weight is 236 g/mol. The smallest absolute Gasteiger partial charge is 0.227 e. The van der Waals surface area contributed by atoms with E-state index in [4.69, 9.17) is 11.6 Å². The van der Waals surface area contributed by atoms with Gasteiger partial charge in [-0.25, -0.2) is 0 Å². The van der Waals surface area contributed by atoms with Crippen molar-refractivity contribution in [3.05, 3.63) is 0 Å². The van der Waals surface area contributed by atoms with Crippen LogP contribution >= 0.6 is 23.4 Å². The molecular weight excluding hydrogens is 218 g/mol. The second-order valence-electron chi connectivity index (χ2n) is 4.41. The molecule has 1 saturated heterocycles. The van der Waals surface area contributed by atoms with Gasteiger partial charge in [0, 0.05) is 17.7 Å². The quantitative estimate of drug-likeness (QED) is 0.761. The van der Waals surface area contributed by atoms with E-state index >= 15 is 0 Å². The van der Waals surface area contributed by atoms with E-state index in [0.29, 0.717) is 11.9 Å². The van der Waals surface area contributed by atoms with E-state index in [9.17, 15) is 4.79 Å². The summed E-state index contributed by atoms with van der Waals surface area (Å²) in [6, 6.07) is 0.351. The molecule has 0 aliphatic carbocycles. The summed E-state index contributed by atoms with van der Waals surface area (Å²) in [5.74, 6) is 2.73. The molecule has 1 amide bonds. The van der Waals surface area contributed by atoms with Gasteiger partial charge in [0.25, 0.3) is 0 Å². The molecule has 1 aliphatic heterocycles. The zero-order valence-electron chi connectivity index (χ0n) is 8.81. The number of carbonyl (C=O) groups is 1. The minimum Gasteiger partial charge on any atom is -0.352 e. The fourth-order valence-corrected chi connectivity index (χ4v) is 2.49. The Labute approximate surface area is 95.2 Å². The molecule has 1 aliphatic rings. The zero-order valence-corrected chi connectivity index (χ0v) is 10.4. The van der Waals surface area contributed by atoms with Gasteiger partial charge >= 0.3 is 0 Å². The van der Waals surface area contributed by atoms with Crippen LogP contribution < -0.4 is 5.32 Å². The maximum atomic E-state index is 11.8. The number of halogens is 1. The molecule has 1 unspecified atom stereocenters. The summed E-state index contributed by atoms with van der Waals surface area (Å²) in [4.78, 5) is 11.8. The van der Waals surface area contributed by atoms with E-state index in [0.717, 1.165) is 12.2 Å². The summed E-state index contributed by atoms with van der Waals surface area (Å²) in [5.41, 5.74) is -0.441. The highest BCUT2D eigenvalue weighted by molar-refractivity contribution is 7.99. The molecular formula is C10H18ClNOS. The lowest BCUT2D eigenvalue weighted by molar-refractivity contribution is -0.128. The van der Waals surface area contributed by atoms with Gasteiger partial charge in [0.05, 0.1) is 5.41 Å². The lowest BCUT2D eigenvalue weighted by Gasteiger charge is -2.27. The van der Waals surface area contributed by atoms with Crippen LogP contribution in [-0.4, -0.2) is 29.3 Å². The molecule has 82 valence electrons. The Bertz CT molecular complexity index is 202. The van der Waals surface area contributed by atoms with Crippen LogP contribution in [0.25, 0.3) is 0 Å². The highest BCUT2D eigenvalue weighted by atomic mass is 35.5.